The van der Waals surface area contributed by atoms with Gasteiger partial charge in [0.1, 0.15) is 0 Å². The molecule has 2 aliphatic carbocycles. The fraction of sp³-hybridized carbons (Fsp3) is 0.290. The van der Waals surface area contributed by atoms with Crippen LogP contribution in [0.15, 0.2) is 72.9 Å². The van der Waals surface area contributed by atoms with Crippen molar-refractivity contribution in [3.8, 4) is 0 Å². The first-order valence-corrected chi connectivity index (χ1v) is 12.5. The molecule has 0 aliphatic heterocycles. The molecule has 0 amide bonds. The van der Waals surface area contributed by atoms with E-state index >= 15 is 8.78 Å². The van der Waals surface area contributed by atoms with Gasteiger partial charge >= 0.3 is 0 Å². The lowest BCUT2D eigenvalue weighted by Crippen LogP contribution is -2.26. The molecule has 2 nitrogen and oxygen atoms in total. The summed E-state index contributed by atoms with van der Waals surface area (Å²) in [4.78, 5) is 6.51. The molecule has 198 valence electrons. The van der Waals surface area contributed by atoms with Crippen molar-refractivity contribution in [1.82, 2.24) is 9.97 Å². The SMILES string of the molecule is CC(C)(c1ccc(C(c2ccc(C(C)(C)C3C=CC=C3)[nH]2)c2c(F)c(F)c(F)c(F)c2F)[nH]1)C1C=CC=C1. The number of allylic oxidation sites excluding steroid dienone is 8. The number of aromatic amines is 2. The monoisotopic (exact) mass is 524 g/mol. The molecule has 2 N–H and O–H groups in total. The molecule has 0 bridgehead atoms. The molecule has 0 fully saturated rings. The van der Waals surface area contributed by atoms with E-state index in [1.807, 2.05) is 76.3 Å². The lowest BCUT2D eigenvalue weighted by molar-refractivity contribution is 0.368. The summed E-state index contributed by atoms with van der Waals surface area (Å²) in [5.41, 5.74) is 0.453. The zero-order chi connectivity index (χ0) is 27.4. The molecule has 5 rings (SSSR count). The number of H-pyrrole nitrogens is 2. The van der Waals surface area contributed by atoms with Gasteiger partial charge < -0.3 is 9.97 Å². The second kappa shape index (κ2) is 9.29. The summed E-state index contributed by atoms with van der Waals surface area (Å²) in [5, 5.41) is 0. The van der Waals surface area contributed by atoms with Crippen LogP contribution in [0.3, 0.4) is 0 Å². The van der Waals surface area contributed by atoms with Crippen LogP contribution in [0.4, 0.5) is 22.0 Å². The lowest BCUT2D eigenvalue weighted by Gasteiger charge is -2.29. The quantitative estimate of drug-likeness (QED) is 0.177. The van der Waals surface area contributed by atoms with Gasteiger partial charge in [-0.2, -0.15) is 0 Å². The van der Waals surface area contributed by atoms with E-state index < -0.39 is 51.4 Å². The molecular weight excluding hydrogens is 495 g/mol. The molecule has 0 radical (unpaired) electrons. The molecule has 0 atom stereocenters. The molecule has 2 heterocycles. The second-order valence-corrected chi connectivity index (χ2v) is 11.1. The Morgan fingerprint density at radius 3 is 1.26 bits per heavy atom. The van der Waals surface area contributed by atoms with Gasteiger partial charge in [-0.1, -0.05) is 76.3 Å². The Bertz CT molecular complexity index is 1370. The average Bonchev–Trinajstić information content (AvgIpc) is 3.71. The van der Waals surface area contributed by atoms with E-state index in [9.17, 15) is 13.2 Å². The van der Waals surface area contributed by atoms with Crippen LogP contribution in [0.25, 0.3) is 0 Å². The van der Waals surface area contributed by atoms with E-state index in [1.54, 1.807) is 24.3 Å². The van der Waals surface area contributed by atoms with E-state index in [-0.39, 0.29) is 11.8 Å². The highest BCUT2D eigenvalue weighted by Gasteiger charge is 2.37. The first-order valence-electron chi connectivity index (χ1n) is 12.5. The maximum atomic E-state index is 15.2. The molecule has 2 aromatic heterocycles. The summed E-state index contributed by atoms with van der Waals surface area (Å²) in [6.45, 7) is 8.11. The van der Waals surface area contributed by atoms with Crippen LogP contribution in [0, 0.1) is 40.9 Å². The fourth-order valence-corrected chi connectivity index (χ4v) is 5.45. The molecule has 1 aromatic carbocycles. The van der Waals surface area contributed by atoms with Crippen molar-refractivity contribution >= 4 is 0 Å². The van der Waals surface area contributed by atoms with Crippen LogP contribution in [0.1, 0.15) is 62.0 Å². The van der Waals surface area contributed by atoms with E-state index in [0.29, 0.717) is 11.4 Å². The Morgan fingerprint density at radius 2 is 0.895 bits per heavy atom. The highest BCUT2D eigenvalue weighted by Crippen LogP contribution is 2.42. The van der Waals surface area contributed by atoms with Crippen LogP contribution in [-0.2, 0) is 10.8 Å². The summed E-state index contributed by atoms with van der Waals surface area (Å²) in [6, 6.07) is 6.90. The molecule has 3 aromatic rings. The molecule has 0 saturated heterocycles. The summed E-state index contributed by atoms with van der Waals surface area (Å²) in [7, 11) is 0. The third kappa shape index (κ3) is 4.08. The summed E-state index contributed by atoms with van der Waals surface area (Å²) >= 11 is 0. The van der Waals surface area contributed by atoms with Gasteiger partial charge in [-0.25, -0.2) is 22.0 Å². The van der Waals surface area contributed by atoms with Gasteiger partial charge in [0.05, 0.1) is 5.92 Å². The van der Waals surface area contributed by atoms with E-state index in [4.69, 9.17) is 0 Å². The van der Waals surface area contributed by atoms with Gasteiger partial charge in [-0.15, -0.1) is 0 Å². The Balaban J connectivity index is 1.66. The van der Waals surface area contributed by atoms with Crippen LogP contribution >= 0.6 is 0 Å². The standard InChI is InChI=1S/C31H29F5N2/c1-30(2,17-9-5-6-10-17)21-15-13-19(37-21)23(24-25(32)27(34)29(36)28(35)26(24)33)20-14-16-22(38-20)31(3,4)18-11-7-8-12-18/h5-18,23,37-38H,1-4H3. The molecule has 38 heavy (non-hydrogen) atoms. The number of halogens is 5. The average molecular weight is 525 g/mol. The first-order chi connectivity index (χ1) is 17.9. The van der Waals surface area contributed by atoms with Gasteiger partial charge in [0, 0.05) is 51.0 Å². The molecule has 0 spiro atoms. The number of benzene rings is 1. The van der Waals surface area contributed by atoms with Crippen LogP contribution in [0.5, 0.6) is 0 Å². The highest BCUT2D eigenvalue weighted by molar-refractivity contribution is 5.44. The topological polar surface area (TPSA) is 31.6 Å². The zero-order valence-corrected chi connectivity index (χ0v) is 21.6. The minimum absolute atomic E-state index is 0.0760. The normalized spacial score (nSPS) is 16.2. The van der Waals surface area contributed by atoms with Gasteiger partial charge in [0.15, 0.2) is 23.3 Å². The zero-order valence-electron chi connectivity index (χ0n) is 21.6. The van der Waals surface area contributed by atoms with Gasteiger partial charge in [-0.3, -0.25) is 0 Å². The van der Waals surface area contributed by atoms with E-state index in [2.05, 4.69) is 9.97 Å². The molecule has 2 aliphatic rings. The second-order valence-electron chi connectivity index (χ2n) is 11.1. The van der Waals surface area contributed by atoms with Crippen molar-refractivity contribution in [2.75, 3.05) is 0 Å². The first kappa shape index (κ1) is 26.0. The van der Waals surface area contributed by atoms with Crippen molar-refractivity contribution in [2.45, 2.75) is 44.4 Å². The van der Waals surface area contributed by atoms with Gasteiger partial charge in [-0.05, 0) is 24.3 Å². The maximum absolute atomic E-state index is 15.2. The van der Waals surface area contributed by atoms with Crippen molar-refractivity contribution in [3.05, 3.63) is 130 Å². The van der Waals surface area contributed by atoms with Gasteiger partial charge in [0.25, 0.3) is 0 Å². The summed E-state index contributed by atoms with van der Waals surface area (Å²) in [5.74, 6) is -10.9. The minimum Gasteiger partial charge on any atom is -0.361 e. The predicted molar refractivity (Wildman–Crippen MR) is 138 cm³/mol. The Labute approximate surface area is 218 Å². The van der Waals surface area contributed by atoms with Crippen molar-refractivity contribution in [2.24, 2.45) is 11.8 Å². The Morgan fingerprint density at radius 1 is 0.553 bits per heavy atom. The van der Waals surface area contributed by atoms with E-state index in [0.717, 1.165) is 11.4 Å². The number of nitrogens with one attached hydrogen (secondary N) is 2. The van der Waals surface area contributed by atoms with Crippen LogP contribution < -0.4 is 0 Å². The third-order valence-corrected chi connectivity index (χ3v) is 8.12. The van der Waals surface area contributed by atoms with Crippen LogP contribution in [-0.4, -0.2) is 9.97 Å². The summed E-state index contributed by atoms with van der Waals surface area (Å²) < 4.78 is 73.1. The molecule has 7 heteroatoms. The number of aromatic nitrogens is 2. The molecule has 0 saturated carbocycles. The summed E-state index contributed by atoms with van der Waals surface area (Å²) in [6.07, 6.45) is 16.0. The van der Waals surface area contributed by atoms with Crippen molar-refractivity contribution in [1.29, 1.82) is 0 Å². The van der Waals surface area contributed by atoms with Crippen molar-refractivity contribution in [3.63, 3.8) is 0 Å². The maximum Gasteiger partial charge on any atom is 0.200 e. The highest BCUT2D eigenvalue weighted by atomic mass is 19.2. The smallest absolute Gasteiger partial charge is 0.200 e. The van der Waals surface area contributed by atoms with Crippen LogP contribution in [0.2, 0.25) is 0 Å². The number of rotatable bonds is 7. The van der Waals surface area contributed by atoms with Crippen molar-refractivity contribution < 1.29 is 22.0 Å². The fourth-order valence-electron chi connectivity index (χ4n) is 5.45. The third-order valence-electron chi connectivity index (χ3n) is 8.12. The Hall–Kier alpha value is -3.61. The van der Waals surface area contributed by atoms with E-state index in [1.165, 1.54) is 0 Å². The number of hydrogen-bond donors (Lipinski definition) is 2. The molecular formula is C31H29F5N2. The largest absolute Gasteiger partial charge is 0.361 e. The molecule has 0 unspecified atom stereocenters. The minimum atomic E-state index is -2.18. The van der Waals surface area contributed by atoms with Gasteiger partial charge in [0.2, 0.25) is 5.82 Å². The lowest BCUT2D eigenvalue weighted by atomic mass is 9.77. The number of hydrogen-bond acceptors (Lipinski definition) is 0. The Kier molecular flexibility index (Phi) is 6.36. The predicted octanol–water partition coefficient (Wildman–Crippen LogP) is 8.26.